The monoisotopic (exact) mass is 238 g/mol. The predicted octanol–water partition coefficient (Wildman–Crippen LogP) is 1.32. The van der Waals surface area contributed by atoms with Gasteiger partial charge in [-0.15, -0.1) is 0 Å². The molecule has 0 fully saturated rings. The Morgan fingerprint density at radius 2 is 1.71 bits per heavy atom. The van der Waals surface area contributed by atoms with Crippen LogP contribution in [0.4, 0.5) is 4.39 Å². The molecule has 0 aliphatic rings. The molecule has 92 valence electrons. The van der Waals surface area contributed by atoms with Crippen molar-refractivity contribution in [2.24, 2.45) is 0 Å². The van der Waals surface area contributed by atoms with Crippen molar-refractivity contribution in [3.8, 4) is 0 Å². The number of rotatable bonds is 4. The van der Waals surface area contributed by atoms with Gasteiger partial charge in [0.2, 0.25) is 11.8 Å². The van der Waals surface area contributed by atoms with Gasteiger partial charge >= 0.3 is 0 Å². The molecule has 0 aromatic heterocycles. The Balaban J connectivity index is 2.34. The van der Waals surface area contributed by atoms with Crippen LogP contribution in [0.5, 0.6) is 0 Å². The first-order valence-corrected chi connectivity index (χ1v) is 5.44. The van der Waals surface area contributed by atoms with Crippen LogP contribution in [0.3, 0.4) is 0 Å². The zero-order valence-corrected chi connectivity index (χ0v) is 9.63. The summed E-state index contributed by atoms with van der Waals surface area (Å²) in [5, 5.41) is 0. The third-order valence-electron chi connectivity index (χ3n) is 2.10. The van der Waals surface area contributed by atoms with E-state index in [1.54, 1.807) is 0 Å². The van der Waals surface area contributed by atoms with E-state index in [4.69, 9.17) is 0 Å². The summed E-state index contributed by atoms with van der Waals surface area (Å²) in [7, 11) is 0. The molecule has 0 heterocycles. The van der Waals surface area contributed by atoms with Gasteiger partial charge in [0.25, 0.3) is 0 Å². The molecular formula is C12H15FN2O2. The van der Waals surface area contributed by atoms with Crippen molar-refractivity contribution in [1.29, 1.82) is 0 Å². The highest BCUT2D eigenvalue weighted by Crippen LogP contribution is 2.03. The molecule has 0 spiro atoms. The van der Waals surface area contributed by atoms with Gasteiger partial charge in [-0.05, 0) is 24.1 Å². The number of carbonyl (C=O) groups is 2. The molecule has 1 aromatic rings. The van der Waals surface area contributed by atoms with E-state index in [1.165, 1.54) is 24.3 Å². The fourth-order valence-corrected chi connectivity index (χ4v) is 1.26. The minimum atomic E-state index is -0.342. The zero-order chi connectivity index (χ0) is 12.7. The molecule has 0 atom stereocenters. The minimum absolute atomic E-state index is 0.104. The molecule has 0 radical (unpaired) electrons. The molecule has 1 rings (SSSR count). The lowest BCUT2D eigenvalue weighted by Gasteiger charge is -2.06. The molecule has 5 heteroatoms. The number of halogens is 1. The van der Waals surface area contributed by atoms with Crippen molar-refractivity contribution in [1.82, 2.24) is 10.9 Å². The van der Waals surface area contributed by atoms with E-state index >= 15 is 0 Å². The Hall–Kier alpha value is -1.91. The van der Waals surface area contributed by atoms with E-state index in [0.717, 1.165) is 6.42 Å². The molecule has 0 aliphatic heterocycles. The van der Waals surface area contributed by atoms with Crippen LogP contribution >= 0.6 is 0 Å². The molecule has 4 nitrogen and oxygen atoms in total. The summed E-state index contributed by atoms with van der Waals surface area (Å²) in [5.41, 5.74) is 5.29. The van der Waals surface area contributed by atoms with Crippen molar-refractivity contribution >= 4 is 11.8 Å². The van der Waals surface area contributed by atoms with Gasteiger partial charge in [0.05, 0.1) is 6.42 Å². The van der Waals surface area contributed by atoms with E-state index in [-0.39, 0.29) is 24.1 Å². The van der Waals surface area contributed by atoms with E-state index in [2.05, 4.69) is 10.9 Å². The van der Waals surface area contributed by atoms with Crippen molar-refractivity contribution in [3.05, 3.63) is 35.6 Å². The van der Waals surface area contributed by atoms with Crippen molar-refractivity contribution < 1.29 is 14.0 Å². The van der Waals surface area contributed by atoms with Crippen LogP contribution in [-0.4, -0.2) is 11.8 Å². The topological polar surface area (TPSA) is 58.2 Å². The van der Waals surface area contributed by atoms with Crippen LogP contribution in [0.2, 0.25) is 0 Å². The fraction of sp³-hybridized carbons (Fsp3) is 0.333. The van der Waals surface area contributed by atoms with Gasteiger partial charge in [0.1, 0.15) is 5.82 Å². The number of benzene rings is 1. The van der Waals surface area contributed by atoms with Crippen LogP contribution in [0.25, 0.3) is 0 Å². The summed E-state index contributed by atoms with van der Waals surface area (Å²) in [6, 6.07) is 5.64. The molecule has 0 bridgehead atoms. The number of carbonyl (C=O) groups excluding carboxylic acids is 2. The SMILES string of the molecule is CCCC(=O)NNC(=O)Cc1ccc(F)cc1. The van der Waals surface area contributed by atoms with Gasteiger partial charge in [-0.1, -0.05) is 19.1 Å². The maximum Gasteiger partial charge on any atom is 0.242 e. The largest absolute Gasteiger partial charge is 0.273 e. The highest BCUT2D eigenvalue weighted by molar-refractivity contribution is 5.83. The van der Waals surface area contributed by atoms with E-state index in [1.807, 2.05) is 6.92 Å². The van der Waals surface area contributed by atoms with Crippen molar-refractivity contribution in [2.75, 3.05) is 0 Å². The predicted molar refractivity (Wildman–Crippen MR) is 61.3 cm³/mol. The molecule has 0 saturated heterocycles. The molecule has 2 N–H and O–H groups in total. The first-order chi connectivity index (χ1) is 8.11. The smallest absolute Gasteiger partial charge is 0.242 e. The van der Waals surface area contributed by atoms with Gasteiger partial charge in [0.15, 0.2) is 0 Å². The lowest BCUT2D eigenvalue weighted by molar-refractivity contribution is -0.128. The average molecular weight is 238 g/mol. The lowest BCUT2D eigenvalue weighted by Crippen LogP contribution is -2.42. The van der Waals surface area contributed by atoms with Gasteiger partial charge in [-0.2, -0.15) is 0 Å². The summed E-state index contributed by atoms with van der Waals surface area (Å²) < 4.78 is 12.6. The van der Waals surface area contributed by atoms with Crippen LogP contribution in [0.15, 0.2) is 24.3 Å². The van der Waals surface area contributed by atoms with Gasteiger partial charge in [-0.3, -0.25) is 20.4 Å². The highest BCUT2D eigenvalue weighted by atomic mass is 19.1. The fourth-order valence-electron chi connectivity index (χ4n) is 1.26. The standard InChI is InChI=1S/C12H15FN2O2/c1-2-3-11(16)14-15-12(17)8-9-4-6-10(13)7-5-9/h4-7H,2-3,8H2,1H3,(H,14,16)(H,15,17). The van der Waals surface area contributed by atoms with Crippen LogP contribution in [0, 0.1) is 5.82 Å². The van der Waals surface area contributed by atoms with Crippen molar-refractivity contribution in [2.45, 2.75) is 26.2 Å². The second kappa shape index (κ2) is 6.62. The molecule has 0 aliphatic carbocycles. The molecular weight excluding hydrogens is 223 g/mol. The van der Waals surface area contributed by atoms with Gasteiger partial charge in [-0.25, -0.2) is 4.39 Å². The number of hydrazine groups is 1. The summed E-state index contributed by atoms with van der Waals surface area (Å²) in [6.45, 7) is 1.87. The number of hydrogen-bond donors (Lipinski definition) is 2. The molecule has 0 unspecified atom stereocenters. The van der Waals surface area contributed by atoms with Crippen LogP contribution in [-0.2, 0) is 16.0 Å². The number of nitrogens with one attached hydrogen (secondary N) is 2. The van der Waals surface area contributed by atoms with E-state index in [0.29, 0.717) is 12.0 Å². The molecule has 2 amide bonds. The van der Waals surface area contributed by atoms with E-state index in [9.17, 15) is 14.0 Å². The number of hydrogen-bond acceptors (Lipinski definition) is 2. The first kappa shape index (κ1) is 13.2. The first-order valence-electron chi connectivity index (χ1n) is 5.44. The Kier molecular flexibility index (Phi) is 5.13. The second-order valence-corrected chi connectivity index (χ2v) is 3.65. The summed E-state index contributed by atoms with van der Waals surface area (Å²) in [5.74, 6) is -0.897. The highest BCUT2D eigenvalue weighted by Gasteiger charge is 2.05. The van der Waals surface area contributed by atoms with Crippen LogP contribution < -0.4 is 10.9 Å². The second-order valence-electron chi connectivity index (χ2n) is 3.65. The van der Waals surface area contributed by atoms with Crippen LogP contribution in [0.1, 0.15) is 25.3 Å². The summed E-state index contributed by atoms with van der Waals surface area (Å²) >= 11 is 0. The zero-order valence-electron chi connectivity index (χ0n) is 9.63. The van der Waals surface area contributed by atoms with E-state index < -0.39 is 0 Å². The lowest BCUT2D eigenvalue weighted by atomic mass is 10.1. The average Bonchev–Trinajstić information content (AvgIpc) is 2.30. The Morgan fingerprint density at radius 1 is 1.12 bits per heavy atom. The Bertz CT molecular complexity index is 390. The summed E-state index contributed by atoms with van der Waals surface area (Å²) in [6.07, 6.45) is 1.20. The third-order valence-corrected chi connectivity index (χ3v) is 2.10. The minimum Gasteiger partial charge on any atom is -0.273 e. The maximum atomic E-state index is 12.6. The van der Waals surface area contributed by atoms with Gasteiger partial charge < -0.3 is 0 Å². The molecule has 17 heavy (non-hydrogen) atoms. The molecule has 0 saturated carbocycles. The Labute approximate surface area is 99.2 Å². The normalized spacial score (nSPS) is 9.76. The van der Waals surface area contributed by atoms with Gasteiger partial charge in [0, 0.05) is 6.42 Å². The maximum absolute atomic E-state index is 12.6. The number of amides is 2. The molecule has 1 aromatic carbocycles. The quantitative estimate of drug-likeness (QED) is 0.777. The third kappa shape index (κ3) is 5.10. The summed E-state index contributed by atoms with van der Waals surface area (Å²) in [4.78, 5) is 22.5. The Morgan fingerprint density at radius 3 is 2.29 bits per heavy atom. The van der Waals surface area contributed by atoms with Crippen molar-refractivity contribution in [3.63, 3.8) is 0 Å².